The minimum Gasteiger partial charge on any atom is -0.397 e. The second-order valence-corrected chi connectivity index (χ2v) is 5.28. The molecule has 5 heteroatoms. The lowest BCUT2D eigenvalue weighted by Crippen LogP contribution is -2.29. The Bertz CT molecular complexity index is 409. The van der Waals surface area contributed by atoms with E-state index in [0.29, 0.717) is 15.7 Å². The molecular weight excluding hydrogens is 257 g/mol. The van der Waals surface area contributed by atoms with Gasteiger partial charge in [-0.05, 0) is 32.1 Å². The molecule has 1 fully saturated rings. The molecular formula is C12H17Cl2N3. The molecule has 0 bridgehead atoms. The number of hydrogen-bond acceptors (Lipinski definition) is 3. The lowest BCUT2D eigenvalue weighted by Gasteiger charge is -2.24. The molecule has 0 saturated carbocycles. The van der Waals surface area contributed by atoms with Crippen molar-refractivity contribution in [3.8, 4) is 0 Å². The van der Waals surface area contributed by atoms with Crippen molar-refractivity contribution in [2.45, 2.75) is 6.42 Å². The average molecular weight is 274 g/mol. The summed E-state index contributed by atoms with van der Waals surface area (Å²) in [6, 6.07) is 3.60. The molecule has 0 unspecified atom stereocenters. The molecule has 1 heterocycles. The summed E-state index contributed by atoms with van der Waals surface area (Å²) >= 11 is 12.0. The van der Waals surface area contributed by atoms with Crippen molar-refractivity contribution < 1.29 is 0 Å². The van der Waals surface area contributed by atoms with Crippen molar-refractivity contribution in [2.24, 2.45) is 0 Å². The number of likely N-dealkylation sites (N-methyl/N-ethyl adjacent to an activating group) is 1. The van der Waals surface area contributed by atoms with Gasteiger partial charge >= 0.3 is 0 Å². The molecule has 2 N–H and O–H groups in total. The van der Waals surface area contributed by atoms with E-state index in [1.165, 1.54) is 0 Å². The van der Waals surface area contributed by atoms with E-state index in [-0.39, 0.29) is 0 Å². The van der Waals surface area contributed by atoms with Gasteiger partial charge in [-0.3, -0.25) is 0 Å². The van der Waals surface area contributed by atoms with E-state index < -0.39 is 0 Å². The van der Waals surface area contributed by atoms with Crippen LogP contribution in [-0.4, -0.2) is 38.1 Å². The monoisotopic (exact) mass is 273 g/mol. The van der Waals surface area contributed by atoms with Crippen LogP contribution < -0.4 is 10.6 Å². The highest BCUT2D eigenvalue weighted by molar-refractivity contribution is 6.42. The number of hydrogen-bond donors (Lipinski definition) is 1. The van der Waals surface area contributed by atoms with Gasteiger partial charge in [0, 0.05) is 19.6 Å². The van der Waals surface area contributed by atoms with Gasteiger partial charge in [0.1, 0.15) is 0 Å². The molecule has 0 spiro atoms. The van der Waals surface area contributed by atoms with Gasteiger partial charge < -0.3 is 15.5 Å². The topological polar surface area (TPSA) is 32.5 Å². The predicted octanol–water partition coefficient (Wildman–Crippen LogP) is 2.72. The zero-order valence-electron chi connectivity index (χ0n) is 9.92. The maximum atomic E-state index is 6.05. The molecule has 2 rings (SSSR count). The van der Waals surface area contributed by atoms with Gasteiger partial charge in [-0.15, -0.1) is 0 Å². The number of benzene rings is 1. The minimum atomic E-state index is 0.514. The van der Waals surface area contributed by atoms with Crippen LogP contribution in [0.15, 0.2) is 12.1 Å². The third-order valence-electron chi connectivity index (χ3n) is 3.13. The van der Waals surface area contributed by atoms with Crippen molar-refractivity contribution in [3.05, 3.63) is 22.2 Å². The molecule has 1 aromatic rings. The Morgan fingerprint density at radius 1 is 1.06 bits per heavy atom. The van der Waals surface area contributed by atoms with Crippen molar-refractivity contribution in [3.63, 3.8) is 0 Å². The number of halogens is 2. The summed E-state index contributed by atoms with van der Waals surface area (Å²) in [5.41, 5.74) is 7.70. The summed E-state index contributed by atoms with van der Waals surface area (Å²) in [6.07, 6.45) is 1.14. The Kier molecular flexibility index (Phi) is 4.02. The second-order valence-electron chi connectivity index (χ2n) is 4.47. The van der Waals surface area contributed by atoms with Gasteiger partial charge in [0.2, 0.25) is 0 Å². The second kappa shape index (κ2) is 5.34. The molecule has 0 radical (unpaired) electrons. The molecule has 0 atom stereocenters. The van der Waals surface area contributed by atoms with Crippen LogP contribution in [0, 0.1) is 0 Å². The van der Waals surface area contributed by atoms with E-state index in [0.717, 1.165) is 38.3 Å². The normalized spacial score (nSPS) is 18.2. The summed E-state index contributed by atoms with van der Waals surface area (Å²) < 4.78 is 0. The summed E-state index contributed by atoms with van der Waals surface area (Å²) in [4.78, 5) is 4.61. The van der Waals surface area contributed by atoms with Crippen LogP contribution >= 0.6 is 23.2 Å². The third-order valence-corrected chi connectivity index (χ3v) is 3.85. The minimum absolute atomic E-state index is 0.514. The van der Waals surface area contributed by atoms with Crippen molar-refractivity contribution >= 4 is 34.6 Å². The summed E-state index contributed by atoms with van der Waals surface area (Å²) in [5.74, 6) is 0. The largest absolute Gasteiger partial charge is 0.397 e. The SMILES string of the molecule is CN1CCCN(c2cc(Cl)c(Cl)cc2N)CC1. The van der Waals surface area contributed by atoms with Crippen LogP contribution in [-0.2, 0) is 0 Å². The van der Waals surface area contributed by atoms with Crippen LogP contribution in [0.1, 0.15) is 6.42 Å². The van der Waals surface area contributed by atoms with E-state index in [1.807, 2.05) is 6.07 Å². The standard InChI is InChI=1S/C12H17Cl2N3/c1-16-3-2-4-17(6-5-16)12-8-10(14)9(13)7-11(12)15/h7-8H,2-6,15H2,1H3. The van der Waals surface area contributed by atoms with Crippen molar-refractivity contribution in [1.29, 1.82) is 0 Å². The lowest BCUT2D eigenvalue weighted by molar-refractivity contribution is 0.360. The smallest absolute Gasteiger partial charge is 0.0616 e. The van der Waals surface area contributed by atoms with Crippen LogP contribution in [0.25, 0.3) is 0 Å². The number of rotatable bonds is 1. The first-order chi connectivity index (χ1) is 8.08. The summed E-state index contributed by atoms with van der Waals surface area (Å²) in [7, 11) is 2.14. The molecule has 1 aliphatic heterocycles. The summed E-state index contributed by atoms with van der Waals surface area (Å²) in [5, 5.41) is 1.08. The first kappa shape index (κ1) is 12.8. The fraction of sp³-hybridized carbons (Fsp3) is 0.500. The van der Waals surface area contributed by atoms with E-state index in [2.05, 4.69) is 16.8 Å². The maximum Gasteiger partial charge on any atom is 0.0616 e. The molecule has 3 nitrogen and oxygen atoms in total. The van der Waals surface area contributed by atoms with Gasteiger partial charge in [0.15, 0.2) is 0 Å². The Labute approximate surface area is 112 Å². The fourth-order valence-electron chi connectivity index (χ4n) is 2.11. The molecule has 1 aromatic carbocycles. The van der Waals surface area contributed by atoms with E-state index >= 15 is 0 Å². The predicted molar refractivity (Wildman–Crippen MR) is 75.2 cm³/mol. The molecule has 17 heavy (non-hydrogen) atoms. The maximum absolute atomic E-state index is 6.05. The zero-order valence-corrected chi connectivity index (χ0v) is 11.4. The van der Waals surface area contributed by atoms with Crippen LogP contribution in [0.4, 0.5) is 11.4 Å². The number of nitrogens with two attached hydrogens (primary N) is 1. The zero-order chi connectivity index (χ0) is 12.4. The summed E-state index contributed by atoms with van der Waals surface area (Å²) in [6.45, 7) is 4.14. The highest BCUT2D eigenvalue weighted by Crippen LogP contribution is 2.33. The van der Waals surface area contributed by atoms with Gasteiger partial charge in [0.25, 0.3) is 0 Å². The first-order valence-corrected chi connectivity index (χ1v) is 6.51. The van der Waals surface area contributed by atoms with Crippen molar-refractivity contribution in [2.75, 3.05) is 43.9 Å². The van der Waals surface area contributed by atoms with Gasteiger partial charge in [-0.2, -0.15) is 0 Å². The van der Waals surface area contributed by atoms with Gasteiger partial charge in [0.05, 0.1) is 21.4 Å². The third kappa shape index (κ3) is 2.97. The highest BCUT2D eigenvalue weighted by atomic mass is 35.5. The molecule has 1 aliphatic rings. The van der Waals surface area contributed by atoms with Crippen molar-refractivity contribution in [1.82, 2.24) is 4.90 Å². The average Bonchev–Trinajstić information content (AvgIpc) is 2.49. The van der Waals surface area contributed by atoms with Crippen LogP contribution in [0.5, 0.6) is 0 Å². The number of anilines is 2. The lowest BCUT2D eigenvalue weighted by atomic mass is 10.2. The quantitative estimate of drug-likeness (QED) is 0.799. The van der Waals surface area contributed by atoms with Crippen LogP contribution in [0.3, 0.4) is 0 Å². The fourth-order valence-corrected chi connectivity index (χ4v) is 2.44. The van der Waals surface area contributed by atoms with E-state index in [1.54, 1.807) is 6.07 Å². The number of nitrogens with zero attached hydrogens (tertiary/aromatic N) is 2. The van der Waals surface area contributed by atoms with E-state index in [4.69, 9.17) is 28.9 Å². The number of nitrogen functional groups attached to an aromatic ring is 1. The molecule has 94 valence electrons. The van der Waals surface area contributed by atoms with E-state index in [9.17, 15) is 0 Å². The molecule has 0 amide bonds. The molecule has 0 aliphatic carbocycles. The van der Waals surface area contributed by atoms with Gasteiger partial charge in [-0.1, -0.05) is 23.2 Å². The molecule has 1 saturated heterocycles. The van der Waals surface area contributed by atoms with Gasteiger partial charge in [-0.25, -0.2) is 0 Å². The highest BCUT2D eigenvalue weighted by Gasteiger charge is 2.16. The Balaban J connectivity index is 2.24. The Morgan fingerprint density at radius 2 is 1.76 bits per heavy atom. The Morgan fingerprint density at radius 3 is 2.53 bits per heavy atom. The first-order valence-electron chi connectivity index (χ1n) is 5.76. The Hall–Kier alpha value is -0.640. The molecule has 0 aromatic heterocycles. The van der Waals surface area contributed by atoms with Crippen LogP contribution in [0.2, 0.25) is 10.0 Å².